The van der Waals surface area contributed by atoms with Crippen molar-refractivity contribution >= 4 is 5.69 Å². The number of nitrogens with zero attached hydrogens (tertiary/aromatic N) is 2. The van der Waals surface area contributed by atoms with E-state index in [1.807, 2.05) is 0 Å². The molecule has 2 aliphatic rings. The zero-order valence-electron chi connectivity index (χ0n) is 12.3. The molecule has 0 aliphatic carbocycles. The van der Waals surface area contributed by atoms with Gasteiger partial charge in [-0.25, -0.2) is 0 Å². The third-order valence-corrected chi connectivity index (χ3v) is 4.80. The minimum atomic E-state index is 0.631. The van der Waals surface area contributed by atoms with Crippen molar-refractivity contribution in [1.82, 2.24) is 4.90 Å². The van der Waals surface area contributed by atoms with E-state index in [0.29, 0.717) is 5.92 Å². The molecule has 2 heteroatoms. The Balaban J connectivity index is 1.58. The standard InChI is InChI=1S/C17H26N2/c1-14(2)15-4-6-16(7-5-15)19-12-8-17(9-13-19)18-10-3-11-18/h4-7,14,17H,3,8-13H2,1-2H3. The zero-order chi connectivity index (χ0) is 13.2. The third-order valence-electron chi connectivity index (χ3n) is 4.80. The van der Waals surface area contributed by atoms with Crippen LogP contribution in [0.1, 0.15) is 44.6 Å². The number of hydrogen-bond donors (Lipinski definition) is 0. The zero-order valence-corrected chi connectivity index (χ0v) is 12.3. The maximum Gasteiger partial charge on any atom is 0.0366 e. The first kappa shape index (κ1) is 13.0. The normalized spacial score (nSPS) is 21.7. The molecule has 0 atom stereocenters. The molecule has 2 heterocycles. The molecule has 0 aromatic heterocycles. The monoisotopic (exact) mass is 258 g/mol. The van der Waals surface area contributed by atoms with E-state index < -0.39 is 0 Å². The molecule has 0 spiro atoms. The highest BCUT2D eigenvalue weighted by Crippen LogP contribution is 2.26. The van der Waals surface area contributed by atoms with Gasteiger partial charge in [0.15, 0.2) is 0 Å². The second kappa shape index (κ2) is 5.54. The van der Waals surface area contributed by atoms with Gasteiger partial charge in [0.2, 0.25) is 0 Å². The molecule has 2 nitrogen and oxygen atoms in total. The van der Waals surface area contributed by atoms with Gasteiger partial charge in [0, 0.05) is 24.8 Å². The molecule has 2 saturated heterocycles. The van der Waals surface area contributed by atoms with Crippen LogP contribution in [0.4, 0.5) is 5.69 Å². The molecule has 0 bridgehead atoms. The van der Waals surface area contributed by atoms with Crippen molar-refractivity contribution in [2.24, 2.45) is 0 Å². The smallest absolute Gasteiger partial charge is 0.0366 e. The number of piperidine rings is 1. The van der Waals surface area contributed by atoms with E-state index in [1.54, 1.807) is 0 Å². The molecule has 0 N–H and O–H groups in total. The van der Waals surface area contributed by atoms with Gasteiger partial charge in [-0.05, 0) is 56.0 Å². The fourth-order valence-corrected chi connectivity index (χ4v) is 3.27. The van der Waals surface area contributed by atoms with Crippen LogP contribution in [0.3, 0.4) is 0 Å². The second-order valence-electron chi connectivity index (χ2n) is 6.35. The molecular weight excluding hydrogens is 232 g/mol. The summed E-state index contributed by atoms with van der Waals surface area (Å²) >= 11 is 0. The van der Waals surface area contributed by atoms with E-state index in [4.69, 9.17) is 0 Å². The molecule has 0 unspecified atom stereocenters. The topological polar surface area (TPSA) is 6.48 Å². The van der Waals surface area contributed by atoms with Crippen LogP contribution in [0.15, 0.2) is 24.3 Å². The van der Waals surface area contributed by atoms with Crippen LogP contribution in [-0.4, -0.2) is 37.1 Å². The Labute approximate surface area is 117 Å². The Bertz CT molecular complexity index is 398. The molecule has 0 radical (unpaired) electrons. The van der Waals surface area contributed by atoms with Gasteiger partial charge in [0.05, 0.1) is 0 Å². The first-order valence-corrected chi connectivity index (χ1v) is 7.83. The van der Waals surface area contributed by atoms with Crippen molar-refractivity contribution < 1.29 is 0 Å². The summed E-state index contributed by atoms with van der Waals surface area (Å²) < 4.78 is 0. The SMILES string of the molecule is CC(C)c1ccc(N2CCC(N3CCC3)CC2)cc1. The molecular formula is C17H26N2. The minimum Gasteiger partial charge on any atom is -0.371 e. The fourth-order valence-electron chi connectivity index (χ4n) is 3.27. The highest BCUT2D eigenvalue weighted by atomic mass is 15.2. The first-order chi connectivity index (χ1) is 9.24. The molecule has 3 rings (SSSR count). The van der Waals surface area contributed by atoms with Gasteiger partial charge in [-0.2, -0.15) is 0 Å². The van der Waals surface area contributed by atoms with Crippen LogP contribution in [0.2, 0.25) is 0 Å². The molecule has 2 aliphatic heterocycles. The van der Waals surface area contributed by atoms with E-state index >= 15 is 0 Å². The van der Waals surface area contributed by atoms with Gasteiger partial charge in [-0.15, -0.1) is 0 Å². The summed E-state index contributed by atoms with van der Waals surface area (Å²) in [6.45, 7) is 9.65. The predicted molar refractivity (Wildman–Crippen MR) is 82.0 cm³/mol. The quantitative estimate of drug-likeness (QED) is 0.819. The van der Waals surface area contributed by atoms with E-state index in [9.17, 15) is 0 Å². The minimum absolute atomic E-state index is 0.631. The van der Waals surface area contributed by atoms with Crippen LogP contribution < -0.4 is 4.90 Å². The largest absolute Gasteiger partial charge is 0.371 e. The number of benzene rings is 1. The van der Waals surface area contributed by atoms with E-state index in [2.05, 4.69) is 47.9 Å². The lowest BCUT2D eigenvalue weighted by atomic mass is 9.98. The van der Waals surface area contributed by atoms with Crippen molar-refractivity contribution in [3.63, 3.8) is 0 Å². The summed E-state index contributed by atoms with van der Waals surface area (Å²) in [5, 5.41) is 0. The Hall–Kier alpha value is -1.02. The molecule has 1 aromatic rings. The predicted octanol–water partition coefficient (Wildman–Crippen LogP) is 3.48. The van der Waals surface area contributed by atoms with Crippen LogP contribution >= 0.6 is 0 Å². The molecule has 104 valence electrons. The Morgan fingerprint density at radius 2 is 1.58 bits per heavy atom. The van der Waals surface area contributed by atoms with Crippen molar-refractivity contribution in [3.05, 3.63) is 29.8 Å². The van der Waals surface area contributed by atoms with Crippen molar-refractivity contribution in [1.29, 1.82) is 0 Å². The summed E-state index contributed by atoms with van der Waals surface area (Å²) in [6, 6.07) is 10.1. The third kappa shape index (κ3) is 2.79. The van der Waals surface area contributed by atoms with Crippen LogP contribution in [-0.2, 0) is 0 Å². The average molecular weight is 258 g/mol. The molecule has 0 amide bonds. The Kier molecular flexibility index (Phi) is 3.79. The summed E-state index contributed by atoms with van der Waals surface area (Å²) in [7, 11) is 0. The number of anilines is 1. The van der Waals surface area contributed by atoms with Crippen molar-refractivity contribution in [3.8, 4) is 0 Å². The lowest BCUT2D eigenvalue weighted by Crippen LogP contribution is -2.50. The molecule has 0 saturated carbocycles. The summed E-state index contributed by atoms with van der Waals surface area (Å²) in [4.78, 5) is 5.22. The van der Waals surface area contributed by atoms with Gasteiger partial charge < -0.3 is 9.80 Å². The van der Waals surface area contributed by atoms with E-state index in [1.165, 1.54) is 56.7 Å². The van der Waals surface area contributed by atoms with E-state index in [-0.39, 0.29) is 0 Å². The van der Waals surface area contributed by atoms with Crippen molar-refractivity contribution in [2.45, 2.75) is 45.1 Å². The second-order valence-corrected chi connectivity index (χ2v) is 6.35. The molecule has 2 fully saturated rings. The lowest BCUT2D eigenvalue weighted by Gasteiger charge is -2.43. The summed E-state index contributed by atoms with van der Waals surface area (Å²) in [5.74, 6) is 0.631. The van der Waals surface area contributed by atoms with Crippen LogP contribution in [0.25, 0.3) is 0 Å². The summed E-state index contributed by atoms with van der Waals surface area (Å²) in [6.07, 6.45) is 4.09. The highest BCUT2D eigenvalue weighted by Gasteiger charge is 2.27. The fraction of sp³-hybridized carbons (Fsp3) is 0.647. The lowest BCUT2D eigenvalue weighted by molar-refractivity contribution is 0.100. The number of likely N-dealkylation sites (tertiary alicyclic amines) is 1. The van der Waals surface area contributed by atoms with Crippen LogP contribution in [0, 0.1) is 0 Å². The summed E-state index contributed by atoms with van der Waals surface area (Å²) in [5.41, 5.74) is 2.85. The number of hydrogen-bond acceptors (Lipinski definition) is 2. The van der Waals surface area contributed by atoms with Gasteiger partial charge in [-0.3, -0.25) is 0 Å². The highest BCUT2D eigenvalue weighted by molar-refractivity contribution is 5.48. The van der Waals surface area contributed by atoms with Gasteiger partial charge in [0.25, 0.3) is 0 Å². The number of rotatable bonds is 3. The van der Waals surface area contributed by atoms with Crippen molar-refractivity contribution in [2.75, 3.05) is 31.1 Å². The Morgan fingerprint density at radius 3 is 2.05 bits per heavy atom. The maximum atomic E-state index is 2.67. The first-order valence-electron chi connectivity index (χ1n) is 7.83. The van der Waals surface area contributed by atoms with Gasteiger partial charge in [0.1, 0.15) is 0 Å². The van der Waals surface area contributed by atoms with Crippen LogP contribution in [0.5, 0.6) is 0 Å². The van der Waals surface area contributed by atoms with E-state index in [0.717, 1.165) is 6.04 Å². The van der Waals surface area contributed by atoms with Gasteiger partial charge >= 0.3 is 0 Å². The molecule has 1 aromatic carbocycles. The van der Waals surface area contributed by atoms with Gasteiger partial charge in [-0.1, -0.05) is 26.0 Å². The average Bonchev–Trinajstić information content (AvgIpc) is 2.38. The maximum absolute atomic E-state index is 2.67. The Morgan fingerprint density at radius 1 is 0.947 bits per heavy atom. The molecule has 19 heavy (non-hydrogen) atoms.